The van der Waals surface area contributed by atoms with Gasteiger partial charge in [-0.3, -0.25) is 4.72 Å². The average Bonchev–Trinajstić information content (AvgIpc) is 2.74. The Hall–Kier alpha value is -3.22. The van der Waals surface area contributed by atoms with Crippen molar-refractivity contribution in [2.24, 2.45) is 10.2 Å². The summed E-state index contributed by atoms with van der Waals surface area (Å²) in [5.74, 6) is 0. The summed E-state index contributed by atoms with van der Waals surface area (Å²) in [6, 6.07) is 24.7. The van der Waals surface area contributed by atoms with E-state index in [0.29, 0.717) is 22.1 Å². The van der Waals surface area contributed by atoms with Crippen LogP contribution in [0.5, 0.6) is 0 Å². The van der Waals surface area contributed by atoms with Gasteiger partial charge in [0.05, 0.1) is 22.0 Å². The Kier molecular flexibility index (Phi) is 5.53. The Bertz CT molecular complexity index is 1330. The summed E-state index contributed by atoms with van der Waals surface area (Å²) in [5, 5.41) is 10.8. The number of anilines is 1. The van der Waals surface area contributed by atoms with Gasteiger partial charge in [0, 0.05) is 15.8 Å². The van der Waals surface area contributed by atoms with Crippen LogP contribution in [0.15, 0.2) is 100 Å². The summed E-state index contributed by atoms with van der Waals surface area (Å²) in [6.07, 6.45) is 0. The van der Waals surface area contributed by atoms with E-state index < -0.39 is 10.0 Å². The quantitative estimate of drug-likeness (QED) is 0.342. The molecule has 0 amide bonds. The molecule has 0 aliphatic carbocycles. The van der Waals surface area contributed by atoms with Gasteiger partial charge in [0.2, 0.25) is 0 Å². The molecule has 5 nitrogen and oxygen atoms in total. The second-order valence-corrected chi connectivity index (χ2v) is 8.89. The Balaban J connectivity index is 1.70. The fraction of sp³-hybridized carbons (Fsp3) is 0.0435. The molecular weight excluding hydrogens is 418 g/mol. The summed E-state index contributed by atoms with van der Waals surface area (Å²) in [4.78, 5) is 0.212. The molecule has 4 rings (SSSR count). The maximum absolute atomic E-state index is 12.8. The zero-order chi connectivity index (χ0) is 21.1. The number of fused-ring (bicyclic) bond motifs is 1. The van der Waals surface area contributed by atoms with E-state index in [0.717, 1.165) is 16.3 Å². The number of nitrogens with zero attached hydrogens (tertiary/aromatic N) is 2. The van der Waals surface area contributed by atoms with Crippen molar-refractivity contribution in [1.29, 1.82) is 0 Å². The highest BCUT2D eigenvalue weighted by Gasteiger charge is 2.16. The van der Waals surface area contributed by atoms with Crippen LogP contribution in [0.25, 0.3) is 10.8 Å². The molecule has 0 aliphatic rings. The van der Waals surface area contributed by atoms with E-state index in [9.17, 15) is 8.42 Å². The molecule has 150 valence electrons. The van der Waals surface area contributed by atoms with Gasteiger partial charge in [-0.25, -0.2) is 8.42 Å². The van der Waals surface area contributed by atoms with Gasteiger partial charge in [-0.15, -0.1) is 5.11 Å². The largest absolute Gasteiger partial charge is 0.279 e. The molecule has 0 aliphatic heterocycles. The van der Waals surface area contributed by atoms with Crippen molar-refractivity contribution in [3.63, 3.8) is 0 Å². The highest BCUT2D eigenvalue weighted by molar-refractivity contribution is 7.92. The predicted octanol–water partition coefficient (Wildman–Crippen LogP) is 7.02. The molecule has 7 heteroatoms. The van der Waals surface area contributed by atoms with Crippen LogP contribution in [0.1, 0.15) is 5.56 Å². The van der Waals surface area contributed by atoms with Crippen molar-refractivity contribution in [3.05, 3.63) is 95.5 Å². The third-order valence-electron chi connectivity index (χ3n) is 4.58. The van der Waals surface area contributed by atoms with Crippen molar-refractivity contribution in [1.82, 2.24) is 0 Å². The summed E-state index contributed by atoms with van der Waals surface area (Å²) in [5.41, 5.74) is 2.79. The molecule has 0 saturated heterocycles. The number of halogens is 1. The number of azo groups is 1. The fourth-order valence-corrected chi connectivity index (χ4v) is 4.21. The molecular formula is C23H18ClN3O2S. The van der Waals surface area contributed by atoms with E-state index in [1.807, 2.05) is 31.2 Å². The van der Waals surface area contributed by atoms with Crippen LogP contribution in [-0.4, -0.2) is 8.42 Å². The first kappa shape index (κ1) is 20.1. The molecule has 30 heavy (non-hydrogen) atoms. The predicted molar refractivity (Wildman–Crippen MR) is 122 cm³/mol. The Morgan fingerprint density at radius 2 is 1.43 bits per heavy atom. The maximum Gasteiger partial charge on any atom is 0.261 e. The molecule has 1 N–H and O–H groups in total. The fourth-order valence-electron chi connectivity index (χ4n) is 3.00. The van der Waals surface area contributed by atoms with Crippen molar-refractivity contribution in [2.45, 2.75) is 11.8 Å². The van der Waals surface area contributed by atoms with Gasteiger partial charge in [0.25, 0.3) is 10.0 Å². The lowest BCUT2D eigenvalue weighted by atomic mass is 10.1. The van der Waals surface area contributed by atoms with E-state index in [2.05, 4.69) is 15.0 Å². The van der Waals surface area contributed by atoms with Gasteiger partial charge < -0.3 is 0 Å². The SMILES string of the molecule is Cc1ccc(S(=O)(=O)Nc2ccc(N=Nc3ccc(Cl)cc3)c3ccccc23)cc1. The number of hydrogen-bond donors (Lipinski definition) is 1. The minimum absolute atomic E-state index is 0.212. The monoisotopic (exact) mass is 435 g/mol. The van der Waals surface area contributed by atoms with Crippen LogP contribution in [0.2, 0.25) is 5.02 Å². The van der Waals surface area contributed by atoms with E-state index in [4.69, 9.17) is 11.6 Å². The lowest BCUT2D eigenvalue weighted by molar-refractivity contribution is 0.601. The van der Waals surface area contributed by atoms with Crippen molar-refractivity contribution in [3.8, 4) is 0 Å². The van der Waals surface area contributed by atoms with Crippen molar-refractivity contribution < 1.29 is 8.42 Å². The third-order valence-corrected chi connectivity index (χ3v) is 6.21. The van der Waals surface area contributed by atoms with Crippen LogP contribution < -0.4 is 4.72 Å². The smallest absolute Gasteiger partial charge is 0.261 e. The van der Waals surface area contributed by atoms with Crippen LogP contribution >= 0.6 is 11.6 Å². The van der Waals surface area contributed by atoms with E-state index in [-0.39, 0.29) is 4.90 Å². The molecule has 4 aromatic carbocycles. The number of benzene rings is 4. The normalized spacial score (nSPS) is 11.8. The highest BCUT2D eigenvalue weighted by atomic mass is 35.5. The van der Waals surface area contributed by atoms with Crippen LogP contribution in [0, 0.1) is 6.92 Å². The number of sulfonamides is 1. The molecule has 0 aromatic heterocycles. The van der Waals surface area contributed by atoms with E-state index >= 15 is 0 Å². The molecule has 0 saturated carbocycles. The Morgan fingerprint density at radius 1 is 0.767 bits per heavy atom. The van der Waals surface area contributed by atoms with E-state index in [1.54, 1.807) is 60.7 Å². The summed E-state index contributed by atoms with van der Waals surface area (Å²) < 4.78 is 28.3. The van der Waals surface area contributed by atoms with Crippen LogP contribution in [0.3, 0.4) is 0 Å². The zero-order valence-corrected chi connectivity index (χ0v) is 17.7. The minimum Gasteiger partial charge on any atom is -0.279 e. The third kappa shape index (κ3) is 4.35. The maximum atomic E-state index is 12.8. The van der Waals surface area contributed by atoms with Gasteiger partial charge in [-0.2, -0.15) is 5.11 Å². The van der Waals surface area contributed by atoms with Gasteiger partial charge in [-0.1, -0.05) is 53.6 Å². The van der Waals surface area contributed by atoms with Crippen molar-refractivity contribution in [2.75, 3.05) is 4.72 Å². The first-order valence-corrected chi connectivity index (χ1v) is 11.1. The molecule has 0 heterocycles. The van der Waals surface area contributed by atoms with Crippen molar-refractivity contribution >= 4 is 49.5 Å². The topological polar surface area (TPSA) is 70.9 Å². The van der Waals surface area contributed by atoms with Gasteiger partial charge in [0.15, 0.2) is 0 Å². The molecule has 0 radical (unpaired) electrons. The Morgan fingerprint density at radius 3 is 2.13 bits per heavy atom. The second-order valence-electron chi connectivity index (χ2n) is 6.77. The first-order chi connectivity index (χ1) is 14.4. The minimum atomic E-state index is -3.71. The molecule has 0 fully saturated rings. The lowest BCUT2D eigenvalue weighted by Gasteiger charge is -2.12. The molecule has 0 unspecified atom stereocenters. The average molecular weight is 436 g/mol. The number of aryl methyl sites for hydroxylation is 1. The highest BCUT2D eigenvalue weighted by Crippen LogP contribution is 2.34. The molecule has 0 bridgehead atoms. The summed E-state index contributed by atoms with van der Waals surface area (Å²) >= 11 is 5.90. The molecule has 0 spiro atoms. The Labute approximate surface area is 180 Å². The van der Waals surface area contributed by atoms with Gasteiger partial charge >= 0.3 is 0 Å². The van der Waals surface area contributed by atoms with E-state index in [1.165, 1.54) is 0 Å². The number of rotatable bonds is 5. The zero-order valence-electron chi connectivity index (χ0n) is 16.1. The van der Waals surface area contributed by atoms with Crippen LogP contribution in [0.4, 0.5) is 17.1 Å². The number of nitrogens with one attached hydrogen (secondary N) is 1. The molecule has 0 atom stereocenters. The molecule has 4 aromatic rings. The summed E-state index contributed by atoms with van der Waals surface area (Å²) in [7, 11) is -3.71. The van der Waals surface area contributed by atoms with Gasteiger partial charge in [-0.05, 0) is 55.5 Å². The second kappa shape index (κ2) is 8.26. The first-order valence-electron chi connectivity index (χ1n) is 9.21. The lowest BCUT2D eigenvalue weighted by Crippen LogP contribution is -2.13. The standard InChI is InChI=1S/C23H18ClN3O2S/c1-16-6-12-19(13-7-16)30(28,29)27-23-15-14-22(20-4-2-3-5-21(20)23)26-25-18-10-8-17(24)9-11-18/h2-15,27H,1H3. The van der Waals surface area contributed by atoms with Gasteiger partial charge in [0.1, 0.15) is 0 Å². The number of hydrogen-bond acceptors (Lipinski definition) is 4. The summed E-state index contributed by atoms with van der Waals surface area (Å²) in [6.45, 7) is 1.91. The van der Waals surface area contributed by atoms with Crippen LogP contribution in [-0.2, 0) is 10.0 Å².